The molecule has 0 unspecified atom stereocenters. The lowest BCUT2D eigenvalue weighted by Crippen LogP contribution is -2.48. The number of rotatable bonds is 7. The average molecular weight is 472 g/mol. The van der Waals surface area contributed by atoms with E-state index in [1.54, 1.807) is 0 Å². The van der Waals surface area contributed by atoms with Crippen LogP contribution in [0, 0.1) is 0 Å². The first kappa shape index (κ1) is 25.0. The fourth-order valence-corrected chi connectivity index (χ4v) is 3.90. The van der Waals surface area contributed by atoms with Crippen molar-refractivity contribution in [2.24, 2.45) is 0 Å². The van der Waals surface area contributed by atoms with Crippen LogP contribution in [0.4, 0.5) is 0 Å². The highest BCUT2D eigenvalue weighted by Crippen LogP contribution is 2.33. The monoisotopic (exact) mass is 471 g/mol. The summed E-state index contributed by atoms with van der Waals surface area (Å²) in [6, 6.07) is 23.5. The van der Waals surface area contributed by atoms with Crippen LogP contribution in [0.1, 0.15) is 12.5 Å². The Morgan fingerprint density at radius 1 is 0.788 bits per heavy atom. The van der Waals surface area contributed by atoms with Gasteiger partial charge in [-0.3, -0.25) is 4.55 Å². The molecular formula is C25H29NO6S. The van der Waals surface area contributed by atoms with Crippen LogP contribution in [-0.4, -0.2) is 59.4 Å². The van der Waals surface area contributed by atoms with E-state index in [2.05, 4.69) is 72.0 Å². The summed E-state index contributed by atoms with van der Waals surface area (Å²) in [7, 11) is -3.92. The first-order valence-corrected chi connectivity index (χ1v) is 12.2. The van der Waals surface area contributed by atoms with Crippen LogP contribution in [0.3, 0.4) is 0 Å². The van der Waals surface area contributed by atoms with Crippen LogP contribution in [0.5, 0.6) is 0 Å². The van der Waals surface area contributed by atoms with Crippen LogP contribution < -0.4 is 5.32 Å². The molecule has 0 heterocycles. The summed E-state index contributed by atoms with van der Waals surface area (Å²) < 4.78 is 27.1. The highest BCUT2D eigenvalue weighted by molar-refractivity contribution is 7.85. The Labute approximate surface area is 193 Å². The van der Waals surface area contributed by atoms with Gasteiger partial charge in [0, 0.05) is 6.54 Å². The first-order chi connectivity index (χ1) is 15.7. The summed E-state index contributed by atoms with van der Waals surface area (Å²) >= 11 is 0. The maximum absolute atomic E-state index is 9.63. The van der Waals surface area contributed by atoms with Crippen LogP contribution in [0.2, 0.25) is 0 Å². The van der Waals surface area contributed by atoms with Crippen molar-refractivity contribution in [2.75, 3.05) is 25.6 Å². The second kappa shape index (κ2) is 10.6. The molecule has 0 saturated heterocycles. The molecule has 176 valence electrons. The van der Waals surface area contributed by atoms with Crippen molar-refractivity contribution in [2.45, 2.75) is 19.0 Å². The van der Waals surface area contributed by atoms with E-state index < -0.39 is 28.0 Å². The third-order valence-electron chi connectivity index (χ3n) is 5.61. The molecule has 0 aromatic heterocycles. The number of aliphatic hydroxyl groups excluding tert-OH is 3. The topological polar surface area (TPSA) is 127 Å². The fourth-order valence-electron chi connectivity index (χ4n) is 3.67. The summed E-state index contributed by atoms with van der Waals surface area (Å²) in [6.07, 6.45) is 0. The molecule has 0 atom stereocenters. The highest BCUT2D eigenvalue weighted by atomic mass is 32.2. The van der Waals surface area contributed by atoms with E-state index in [0.717, 1.165) is 5.56 Å². The SMILES string of the molecule is CC(CO)(CO)NCc1cc2c3ccccc3ccc2c2ccccc12.O=S(=O)(O)CCO. The maximum atomic E-state index is 9.63. The molecule has 0 fully saturated rings. The second-order valence-corrected chi connectivity index (χ2v) is 9.78. The summed E-state index contributed by atoms with van der Waals surface area (Å²) in [5.74, 6) is -0.576. The van der Waals surface area contributed by atoms with E-state index in [0.29, 0.717) is 6.54 Å². The summed E-state index contributed by atoms with van der Waals surface area (Å²) in [6.45, 7) is 1.65. The van der Waals surface area contributed by atoms with Crippen molar-refractivity contribution in [3.8, 4) is 0 Å². The molecule has 0 spiro atoms. The van der Waals surface area contributed by atoms with E-state index in [-0.39, 0.29) is 13.2 Å². The average Bonchev–Trinajstić information content (AvgIpc) is 2.81. The predicted molar refractivity (Wildman–Crippen MR) is 132 cm³/mol. The summed E-state index contributed by atoms with van der Waals surface area (Å²) in [5, 5.41) is 37.7. The zero-order valence-corrected chi connectivity index (χ0v) is 19.2. The highest BCUT2D eigenvalue weighted by Gasteiger charge is 2.21. The van der Waals surface area contributed by atoms with Gasteiger partial charge >= 0.3 is 0 Å². The molecule has 0 aliphatic carbocycles. The smallest absolute Gasteiger partial charge is 0.267 e. The van der Waals surface area contributed by atoms with Gasteiger partial charge < -0.3 is 20.6 Å². The van der Waals surface area contributed by atoms with Crippen molar-refractivity contribution in [3.63, 3.8) is 0 Å². The van der Waals surface area contributed by atoms with E-state index in [1.165, 1.54) is 32.3 Å². The minimum Gasteiger partial charge on any atom is -0.395 e. The number of benzene rings is 4. The van der Waals surface area contributed by atoms with E-state index in [9.17, 15) is 18.6 Å². The molecule has 4 aromatic carbocycles. The minimum absolute atomic E-state index is 0.113. The van der Waals surface area contributed by atoms with Gasteiger partial charge in [-0.2, -0.15) is 8.42 Å². The van der Waals surface area contributed by atoms with Gasteiger partial charge in [0.15, 0.2) is 0 Å². The molecular weight excluding hydrogens is 442 g/mol. The Morgan fingerprint density at radius 3 is 1.94 bits per heavy atom. The van der Waals surface area contributed by atoms with Gasteiger partial charge in [0.2, 0.25) is 0 Å². The molecule has 0 bridgehead atoms. The largest absolute Gasteiger partial charge is 0.395 e. The Morgan fingerprint density at radius 2 is 1.36 bits per heavy atom. The number of hydrogen-bond acceptors (Lipinski definition) is 6. The Bertz CT molecular complexity index is 1350. The van der Waals surface area contributed by atoms with Crippen molar-refractivity contribution in [3.05, 3.63) is 72.3 Å². The molecule has 5 N–H and O–H groups in total. The van der Waals surface area contributed by atoms with Gasteiger partial charge in [-0.15, -0.1) is 0 Å². The van der Waals surface area contributed by atoms with Gasteiger partial charge in [-0.1, -0.05) is 60.7 Å². The first-order valence-electron chi connectivity index (χ1n) is 10.6. The van der Waals surface area contributed by atoms with Crippen LogP contribution in [0.15, 0.2) is 66.7 Å². The Hall–Kier alpha value is -2.59. The number of hydrogen-bond donors (Lipinski definition) is 5. The van der Waals surface area contributed by atoms with Crippen LogP contribution in [0.25, 0.3) is 32.3 Å². The van der Waals surface area contributed by atoms with Gasteiger partial charge in [0.05, 0.1) is 31.1 Å². The zero-order valence-electron chi connectivity index (χ0n) is 18.4. The zero-order chi connectivity index (χ0) is 24.1. The molecule has 4 rings (SSSR count). The molecule has 8 heteroatoms. The number of aliphatic hydroxyl groups is 3. The van der Waals surface area contributed by atoms with Crippen molar-refractivity contribution in [1.82, 2.24) is 5.32 Å². The molecule has 0 amide bonds. The standard InChI is InChI=1S/C23H23NO2.C2H6O4S/c1-23(14-25,15-26)24-13-17-12-22-18-7-3-2-6-16(18)10-11-21(22)20-9-5-4-8-19(17)20;3-1-2-7(4,5)6/h2-12,24-26H,13-15H2,1H3;3H,1-2H2,(H,4,5,6). The lowest BCUT2D eigenvalue weighted by atomic mass is 9.93. The number of fused-ring (bicyclic) bond motifs is 5. The molecule has 0 radical (unpaired) electrons. The molecule has 0 aliphatic rings. The summed E-state index contributed by atoms with van der Waals surface area (Å²) in [4.78, 5) is 0. The van der Waals surface area contributed by atoms with Gasteiger partial charge in [0.1, 0.15) is 0 Å². The maximum Gasteiger partial charge on any atom is 0.267 e. The van der Waals surface area contributed by atoms with Crippen molar-refractivity contribution >= 4 is 42.4 Å². The third-order valence-corrected chi connectivity index (χ3v) is 6.30. The van der Waals surface area contributed by atoms with Crippen molar-refractivity contribution < 1.29 is 28.3 Å². The molecule has 0 aliphatic heterocycles. The normalized spacial score (nSPS) is 12.2. The molecule has 7 nitrogen and oxygen atoms in total. The molecule has 33 heavy (non-hydrogen) atoms. The van der Waals surface area contributed by atoms with E-state index in [4.69, 9.17) is 9.66 Å². The molecule has 0 saturated carbocycles. The third kappa shape index (κ3) is 6.05. The van der Waals surface area contributed by atoms with Crippen molar-refractivity contribution in [1.29, 1.82) is 0 Å². The van der Waals surface area contributed by atoms with E-state index >= 15 is 0 Å². The second-order valence-electron chi connectivity index (χ2n) is 8.20. The van der Waals surface area contributed by atoms with Crippen LogP contribution in [-0.2, 0) is 16.7 Å². The number of nitrogens with one attached hydrogen (secondary N) is 1. The fraction of sp³-hybridized carbons (Fsp3) is 0.280. The minimum atomic E-state index is -3.92. The van der Waals surface area contributed by atoms with Gasteiger partial charge in [0.25, 0.3) is 10.1 Å². The van der Waals surface area contributed by atoms with Crippen LogP contribution >= 0.6 is 0 Å². The van der Waals surface area contributed by atoms with Gasteiger partial charge in [-0.05, 0) is 50.9 Å². The lowest BCUT2D eigenvalue weighted by molar-refractivity contribution is 0.103. The van der Waals surface area contributed by atoms with E-state index in [1.807, 2.05) is 6.92 Å². The lowest BCUT2D eigenvalue weighted by Gasteiger charge is -2.27. The van der Waals surface area contributed by atoms with Gasteiger partial charge in [-0.25, -0.2) is 0 Å². The summed E-state index contributed by atoms with van der Waals surface area (Å²) in [5.41, 5.74) is 0.465. The quantitative estimate of drug-likeness (QED) is 0.207. The predicted octanol–water partition coefficient (Wildman–Crippen LogP) is 2.85. The Balaban J connectivity index is 0.000000383. The molecule has 4 aromatic rings. The Kier molecular flexibility index (Phi) is 8.01.